The third kappa shape index (κ3) is 5.29. The van der Waals surface area contributed by atoms with Crippen LogP contribution in [0.2, 0.25) is 0 Å². The molecule has 0 fully saturated rings. The topological polar surface area (TPSA) is 86.8 Å². The molecule has 0 saturated carbocycles. The lowest BCUT2D eigenvalue weighted by atomic mass is 9.90. The van der Waals surface area contributed by atoms with Gasteiger partial charge in [0.1, 0.15) is 11.5 Å². The molecular weight excluding hydrogens is 472 g/mol. The number of hydrogen-bond donors (Lipinski definition) is 2. The number of para-hydroxylation sites is 3. The molecule has 6 rings (SSSR count). The fourth-order valence-electron chi connectivity index (χ4n) is 5.48. The minimum atomic E-state index is -0.125. The normalized spacial score (nSPS) is 15.1. The van der Waals surface area contributed by atoms with Crippen LogP contribution in [0.1, 0.15) is 59.3 Å². The Bertz CT molecular complexity index is 1530. The number of fused-ring (bicyclic) bond motifs is 3. The molecule has 38 heavy (non-hydrogen) atoms. The van der Waals surface area contributed by atoms with E-state index >= 15 is 0 Å². The molecule has 0 aliphatic heterocycles. The highest BCUT2D eigenvalue weighted by Gasteiger charge is 2.27. The van der Waals surface area contributed by atoms with Gasteiger partial charge in [-0.05, 0) is 74.5 Å². The summed E-state index contributed by atoms with van der Waals surface area (Å²) in [6.45, 7) is 2.26. The molecule has 1 unspecified atom stereocenters. The van der Waals surface area contributed by atoms with Crippen molar-refractivity contribution >= 4 is 27.8 Å². The van der Waals surface area contributed by atoms with E-state index < -0.39 is 0 Å². The van der Waals surface area contributed by atoms with Crippen molar-refractivity contribution in [2.24, 2.45) is 0 Å². The molecular formula is C31H32N6O. The molecule has 1 amide bonds. The van der Waals surface area contributed by atoms with Crippen LogP contribution in [0.5, 0.6) is 0 Å². The third-order valence-electron chi connectivity index (χ3n) is 7.39. The number of unbranched alkanes of at least 4 members (excludes halogenated alkanes) is 1. The zero-order valence-electron chi connectivity index (χ0n) is 21.4. The molecule has 7 nitrogen and oxygen atoms in total. The number of imidazole rings is 1. The molecule has 0 radical (unpaired) electrons. The van der Waals surface area contributed by atoms with E-state index in [1.54, 1.807) is 6.07 Å². The van der Waals surface area contributed by atoms with Gasteiger partial charge in [-0.1, -0.05) is 42.5 Å². The number of nitrogens with zero attached hydrogens (tertiary/aromatic N) is 4. The first-order chi connectivity index (χ1) is 18.7. The summed E-state index contributed by atoms with van der Waals surface area (Å²) in [5, 5.41) is 4.08. The predicted octanol–water partition coefficient (Wildman–Crippen LogP) is 5.60. The first-order valence-corrected chi connectivity index (χ1v) is 13.5. The number of hydrogen-bond acceptors (Lipinski definition) is 5. The summed E-state index contributed by atoms with van der Waals surface area (Å²) in [7, 11) is 0. The zero-order chi connectivity index (χ0) is 25.7. The lowest BCUT2D eigenvalue weighted by Gasteiger charge is -2.34. The Kier molecular flexibility index (Phi) is 7.09. The molecule has 0 bridgehead atoms. The van der Waals surface area contributed by atoms with Gasteiger partial charge in [0.25, 0.3) is 5.91 Å². The Labute approximate surface area is 222 Å². The van der Waals surface area contributed by atoms with Crippen LogP contribution in [0.3, 0.4) is 0 Å². The number of benzene rings is 2. The van der Waals surface area contributed by atoms with Crippen LogP contribution in [-0.4, -0.2) is 43.8 Å². The van der Waals surface area contributed by atoms with Crippen molar-refractivity contribution in [3.05, 3.63) is 102 Å². The molecule has 2 N–H and O–H groups in total. The van der Waals surface area contributed by atoms with Crippen molar-refractivity contribution < 1.29 is 4.79 Å². The number of aromatic nitrogens is 4. The quantitative estimate of drug-likeness (QED) is 0.255. The Morgan fingerprint density at radius 2 is 1.82 bits per heavy atom. The fourth-order valence-corrected chi connectivity index (χ4v) is 5.48. The van der Waals surface area contributed by atoms with Crippen molar-refractivity contribution in [3.8, 4) is 0 Å². The molecule has 0 spiro atoms. The lowest BCUT2D eigenvalue weighted by Crippen LogP contribution is -2.33. The monoisotopic (exact) mass is 504 g/mol. The molecule has 5 aromatic rings. The van der Waals surface area contributed by atoms with Crippen molar-refractivity contribution in [1.82, 2.24) is 30.2 Å². The van der Waals surface area contributed by atoms with Crippen molar-refractivity contribution in [1.29, 1.82) is 0 Å². The SMILES string of the molecule is O=C(NCCCCN(Cc1nc2ccccc2[nH]1)C1CCCc2cccnc21)c1ccc2ccccc2n1. The molecule has 1 aliphatic carbocycles. The summed E-state index contributed by atoms with van der Waals surface area (Å²) in [6.07, 6.45) is 7.10. The summed E-state index contributed by atoms with van der Waals surface area (Å²) in [6, 6.07) is 24.3. The summed E-state index contributed by atoms with van der Waals surface area (Å²) in [4.78, 5) is 32.8. The largest absolute Gasteiger partial charge is 0.351 e. The van der Waals surface area contributed by atoms with Gasteiger partial charge < -0.3 is 10.3 Å². The Morgan fingerprint density at radius 3 is 2.74 bits per heavy atom. The third-order valence-corrected chi connectivity index (χ3v) is 7.39. The average molecular weight is 505 g/mol. The number of rotatable bonds is 9. The fraction of sp³-hybridized carbons (Fsp3) is 0.290. The number of carbonyl (C=O) groups excluding carboxylic acids is 1. The van der Waals surface area contributed by atoms with Crippen molar-refractivity contribution in [2.45, 2.75) is 44.7 Å². The van der Waals surface area contributed by atoms with E-state index in [-0.39, 0.29) is 11.9 Å². The highest BCUT2D eigenvalue weighted by atomic mass is 16.1. The standard InChI is InChI=1S/C31H32N6O/c38-31(27-17-16-22-9-1-2-12-24(22)34-27)33-18-5-6-20-37(21-29-35-25-13-3-4-14-26(25)36-29)28-15-7-10-23-11-8-19-32-30(23)28/h1-4,8-9,11-14,16-17,19,28H,5-7,10,15,18,20-21H2,(H,33,38)(H,35,36). The van der Waals surface area contributed by atoms with Gasteiger partial charge in [0, 0.05) is 18.1 Å². The number of H-pyrrole nitrogens is 1. The molecule has 0 saturated heterocycles. The molecule has 3 heterocycles. The number of carbonyl (C=O) groups is 1. The van der Waals surface area contributed by atoms with Crippen LogP contribution >= 0.6 is 0 Å². The van der Waals surface area contributed by atoms with Gasteiger partial charge in [-0.25, -0.2) is 9.97 Å². The highest BCUT2D eigenvalue weighted by molar-refractivity contribution is 5.94. The smallest absolute Gasteiger partial charge is 0.269 e. The van der Waals surface area contributed by atoms with Gasteiger partial charge in [0.2, 0.25) is 0 Å². The molecule has 1 atom stereocenters. The summed E-state index contributed by atoms with van der Waals surface area (Å²) in [5.74, 6) is 0.852. The van der Waals surface area contributed by atoms with Gasteiger partial charge in [0.05, 0.1) is 34.8 Å². The van der Waals surface area contributed by atoms with E-state index in [2.05, 4.69) is 32.3 Å². The maximum Gasteiger partial charge on any atom is 0.269 e. The Balaban J connectivity index is 1.10. The Morgan fingerprint density at radius 1 is 0.947 bits per heavy atom. The van der Waals surface area contributed by atoms with E-state index in [0.717, 1.165) is 73.0 Å². The molecule has 3 aromatic heterocycles. The second kappa shape index (κ2) is 11.1. The van der Waals surface area contributed by atoms with Crippen LogP contribution in [0.4, 0.5) is 0 Å². The van der Waals surface area contributed by atoms with E-state index in [0.29, 0.717) is 12.2 Å². The maximum absolute atomic E-state index is 12.7. The maximum atomic E-state index is 12.7. The number of pyridine rings is 2. The first kappa shape index (κ1) is 24.2. The highest BCUT2D eigenvalue weighted by Crippen LogP contribution is 2.33. The molecule has 1 aliphatic rings. The van der Waals surface area contributed by atoms with Crippen LogP contribution < -0.4 is 5.32 Å². The van der Waals surface area contributed by atoms with Crippen LogP contribution in [-0.2, 0) is 13.0 Å². The van der Waals surface area contributed by atoms with Crippen molar-refractivity contribution in [2.75, 3.05) is 13.1 Å². The second-order valence-corrected chi connectivity index (χ2v) is 9.98. The Hall–Kier alpha value is -4.10. The molecule has 2 aromatic carbocycles. The number of aryl methyl sites for hydroxylation is 1. The second-order valence-electron chi connectivity index (χ2n) is 9.98. The lowest BCUT2D eigenvalue weighted by molar-refractivity contribution is 0.0947. The van der Waals surface area contributed by atoms with E-state index in [1.165, 1.54) is 11.3 Å². The van der Waals surface area contributed by atoms with Gasteiger partial charge in [0.15, 0.2) is 0 Å². The van der Waals surface area contributed by atoms with Crippen LogP contribution in [0.25, 0.3) is 21.9 Å². The van der Waals surface area contributed by atoms with Gasteiger partial charge in [-0.15, -0.1) is 0 Å². The van der Waals surface area contributed by atoms with E-state index in [1.807, 2.05) is 60.8 Å². The molecule has 7 heteroatoms. The van der Waals surface area contributed by atoms with E-state index in [4.69, 9.17) is 9.97 Å². The van der Waals surface area contributed by atoms with Gasteiger partial charge >= 0.3 is 0 Å². The minimum Gasteiger partial charge on any atom is -0.351 e. The molecule has 192 valence electrons. The number of nitrogens with one attached hydrogen (secondary N) is 2. The average Bonchev–Trinajstić information content (AvgIpc) is 3.38. The van der Waals surface area contributed by atoms with Gasteiger partial charge in [-0.2, -0.15) is 0 Å². The summed E-state index contributed by atoms with van der Waals surface area (Å²) < 4.78 is 0. The first-order valence-electron chi connectivity index (χ1n) is 13.5. The van der Waals surface area contributed by atoms with Crippen molar-refractivity contribution in [3.63, 3.8) is 0 Å². The summed E-state index contributed by atoms with van der Waals surface area (Å²) >= 11 is 0. The van der Waals surface area contributed by atoms with E-state index in [9.17, 15) is 4.79 Å². The number of aromatic amines is 1. The predicted molar refractivity (Wildman–Crippen MR) is 150 cm³/mol. The zero-order valence-corrected chi connectivity index (χ0v) is 21.4. The summed E-state index contributed by atoms with van der Waals surface area (Å²) in [5.41, 5.74) is 5.91. The van der Waals surface area contributed by atoms with Gasteiger partial charge in [-0.3, -0.25) is 14.7 Å². The minimum absolute atomic E-state index is 0.125. The van der Waals surface area contributed by atoms with Crippen LogP contribution in [0.15, 0.2) is 79.0 Å². The number of amides is 1. The van der Waals surface area contributed by atoms with Crippen LogP contribution in [0, 0.1) is 0 Å².